The number of rotatable bonds is 0. The third kappa shape index (κ3) is 1.30. The van der Waals surface area contributed by atoms with Gasteiger partial charge in [0.1, 0.15) is 0 Å². The predicted molar refractivity (Wildman–Crippen MR) is 35.7 cm³/mol. The van der Waals surface area contributed by atoms with Gasteiger partial charge in [-0.1, -0.05) is 12.0 Å². The number of hydrogen-bond donors (Lipinski definition) is 0. The van der Waals surface area contributed by atoms with Gasteiger partial charge >= 0.3 is 0 Å². The van der Waals surface area contributed by atoms with E-state index in [1.54, 1.807) is 12.2 Å². The van der Waals surface area contributed by atoms with Crippen LogP contribution >= 0.6 is 0 Å². The van der Waals surface area contributed by atoms with Gasteiger partial charge in [0, 0.05) is 12.0 Å². The summed E-state index contributed by atoms with van der Waals surface area (Å²) in [6.45, 7) is 0. The van der Waals surface area contributed by atoms with Gasteiger partial charge in [-0.2, -0.15) is 0 Å². The maximum atomic E-state index is 10.6. The summed E-state index contributed by atoms with van der Waals surface area (Å²) in [5, 5.41) is 0. The van der Waals surface area contributed by atoms with E-state index in [2.05, 4.69) is 5.92 Å². The second kappa shape index (κ2) is 2.32. The molecule has 0 aromatic carbocycles. The average Bonchev–Trinajstić information content (AvgIpc) is 1.88. The van der Waals surface area contributed by atoms with Crippen molar-refractivity contribution in [3.63, 3.8) is 0 Å². The highest BCUT2D eigenvalue weighted by Gasteiger charge is 1.99. The third-order valence-electron chi connectivity index (χ3n) is 1.10. The Morgan fingerprint density at radius 3 is 2.89 bits per heavy atom. The lowest BCUT2D eigenvalue weighted by Gasteiger charge is -1.95. The van der Waals surface area contributed by atoms with Crippen LogP contribution in [0.25, 0.3) is 0 Å². The lowest BCUT2D eigenvalue weighted by molar-refractivity contribution is -0.113. The van der Waals surface area contributed by atoms with Crippen molar-refractivity contribution >= 4 is 5.78 Å². The van der Waals surface area contributed by atoms with Crippen LogP contribution in [0.2, 0.25) is 0 Å². The fourth-order valence-electron chi connectivity index (χ4n) is 0.672. The van der Waals surface area contributed by atoms with E-state index in [0.717, 1.165) is 0 Å². The van der Waals surface area contributed by atoms with E-state index in [9.17, 15) is 4.79 Å². The zero-order valence-electron chi connectivity index (χ0n) is 4.92. The molecule has 1 rings (SSSR count). The van der Waals surface area contributed by atoms with E-state index in [1.165, 1.54) is 6.08 Å². The molecule has 0 spiro atoms. The van der Waals surface area contributed by atoms with Crippen LogP contribution in [0, 0.1) is 12.3 Å². The molecule has 1 aliphatic carbocycles. The lowest BCUT2D eigenvalue weighted by Crippen LogP contribution is -1.95. The summed E-state index contributed by atoms with van der Waals surface area (Å²) in [4.78, 5) is 10.6. The summed E-state index contributed by atoms with van der Waals surface area (Å²) >= 11 is 0. The normalized spacial score (nSPS) is 16.8. The molecular weight excluding hydrogens is 112 g/mol. The third-order valence-corrected chi connectivity index (χ3v) is 1.10. The van der Waals surface area contributed by atoms with Crippen molar-refractivity contribution in [2.45, 2.75) is 6.42 Å². The Bertz CT molecular complexity index is 225. The molecule has 0 bridgehead atoms. The molecule has 0 aromatic heterocycles. The Hall–Kier alpha value is -1.29. The Kier molecular flexibility index (Phi) is 1.51. The first-order valence-corrected chi connectivity index (χ1v) is 2.70. The van der Waals surface area contributed by atoms with Gasteiger partial charge in [-0.15, -0.1) is 6.42 Å². The molecule has 44 valence electrons. The number of carbonyl (C=O) groups is 1. The maximum absolute atomic E-state index is 10.6. The van der Waals surface area contributed by atoms with Crippen molar-refractivity contribution in [3.05, 3.63) is 23.8 Å². The fourth-order valence-corrected chi connectivity index (χ4v) is 0.672. The van der Waals surface area contributed by atoms with Crippen molar-refractivity contribution in [3.8, 4) is 12.3 Å². The molecule has 0 aromatic rings. The van der Waals surface area contributed by atoms with Gasteiger partial charge in [0.05, 0.1) is 0 Å². The lowest BCUT2D eigenvalue weighted by atomic mass is 10.1. The highest BCUT2D eigenvalue weighted by Crippen LogP contribution is 2.04. The average molecular weight is 118 g/mol. The molecule has 0 saturated heterocycles. The molecule has 0 amide bonds. The minimum atomic E-state index is 0.0884. The molecule has 0 atom stereocenters. The SMILES string of the molecule is C#CC1=CC(=O)CC=C1. The number of allylic oxidation sites excluding steroid dienone is 4. The Labute approximate surface area is 54.1 Å². The first kappa shape index (κ1) is 5.84. The summed E-state index contributed by atoms with van der Waals surface area (Å²) in [6.07, 6.45) is 10.6. The highest BCUT2D eigenvalue weighted by atomic mass is 16.1. The molecule has 1 aliphatic rings. The largest absolute Gasteiger partial charge is 0.294 e. The summed E-state index contributed by atoms with van der Waals surface area (Å²) in [5.74, 6) is 2.48. The zero-order chi connectivity index (χ0) is 6.69. The standard InChI is InChI=1S/C8H6O/c1-2-7-4-3-5-8(9)6-7/h1,3-4,6H,5H2. The first-order valence-electron chi connectivity index (χ1n) is 2.70. The molecule has 1 nitrogen and oxygen atoms in total. The van der Waals surface area contributed by atoms with Gasteiger partial charge < -0.3 is 0 Å². The number of ketones is 1. The molecule has 0 unspecified atom stereocenters. The predicted octanol–water partition coefficient (Wildman–Crippen LogP) is 1.07. The van der Waals surface area contributed by atoms with Gasteiger partial charge in [0.2, 0.25) is 0 Å². The second-order valence-corrected chi connectivity index (χ2v) is 1.82. The minimum Gasteiger partial charge on any atom is -0.294 e. The van der Waals surface area contributed by atoms with Crippen LogP contribution in [0.15, 0.2) is 23.8 Å². The van der Waals surface area contributed by atoms with Crippen LogP contribution in [0.3, 0.4) is 0 Å². The zero-order valence-corrected chi connectivity index (χ0v) is 4.92. The van der Waals surface area contributed by atoms with E-state index in [-0.39, 0.29) is 5.78 Å². The van der Waals surface area contributed by atoms with E-state index in [0.29, 0.717) is 12.0 Å². The Morgan fingerprint density at radius 1 is 1.67 bits per heavy atom. The smallest absolute Gasteiger partial charge is 0.160 e. The summed E-state index contributed by atoms with van der Waals surface area (Å²) < 4.78 is 0. The molecule has 1 heteroatoms. The van der Waals surface area contributed by atoms with Crippen LogP contribution < -0.4 is 0 Å². The topological polar surface area (TPSA) is 17.1 Å². The number of hydrogen-bond acceptors (Lipinski definition) is 1. The van der Waals surface area contributed by atoms with Gasteiger partial charge in [-0.3, -0.25) is 4.79 Å². The van der Waals surface area contributed by atoms with E-state index in [1.807, 2.05) is 0 Å². The van der Waals surface area contributed by atoms with E-state index in [4.69, 9.17) is 6.42 Å². The van der Waals surface area contributed by atoms with Gasteiger partial charge in [0.15, 0.2) is 5.78 Å². The van der Waals surface area contributed by atoms with Crippen LogP contribution in [0.5, 0.6) is 0 Å². The van der Waals surface area contributed by atoms with Crippen LogP contribution in [0.1, 0.15) is 6.42 Å². The quantitative estimate of drug-likeness (QED) is 0.435. The molecule has 9 heavy (non-hydrogen) atoms. The van der Waals surface area contributed by atoms with Gasteiger partial charge in [0.25, 0.3) is 0 Å². The number of carbonyl (C=O) groups excluding carboxylic acids is 1. The van der Waals surface area contributed by atoms with Crippen molar-refractivity contribution in [2.24, 2.45) is 0 Å². The molecule has 0 fully saturated rings. The minimum absolute atomic E-state index is 0.0884. The Morgan fingerprint density at radius 2 is 2.44 bits per heavy atom. The maximum Gasteiger partial charge on any atom is 0.160 e. The van der Waals surface area contributed by atoms with Gasteiger partial charge in [-0.05, 0) is 12.2 Å². The monoisotopic (exact) mass is 118 g/mol. The fraction of sp³-hybridized carbons (Fsp3) is 0.125. The van der Waals surface area contributed by atoms with Crippen molar-refractivity contribution in [1.29, 1.82) is 0 Å². The summed E-state index contributed by atoms with van der Waals surface area (Å²) in [6, 6.07) is 0. The second-order valence-electron chi connectivity index (χ2n) is 1.82. The van der Waals surface area contributed by atoms with Crippen LogP contribution in [-0.4, -0.2) is 5.78 Å². The van der Waals surface area contributed by atoms with Crippen LogP contribution in [-0.2, 0) is 4.79 Å². The van der Waals surface area contributed by atoms with Crippen molar-refractivity contribution in [1.82, 2.24) is 0 Å². The van der Waals surface area contributed by atoms with E-state index < -0.39 is 0 Å². The summed E-state index contributed by atoms with van der Waals surface area (Å²) in [7, 11) is 0. The highest BCUT2D eigenvalue weighted by molar-refractivity contribution is 5.94. The first-order chi connectivity index (χ1) is 4.33. The summed E-state index contributed by atoms with van der Waals surface area (Å²) in [5.41, 5.74) is 0.672. The Balaban J connectivity index is 2.86. The van der Waals surface area contributed by atoms with Gasteiger partial charge in [-0.25, -0.2) is 0 Å². The molecule has 0 aliphatic heterocycles. The van der Waals surface area contributed by atoms with Crippen molar-refractivity contribution in [2.75, 3.05) is 0 Å². The molecular formula is C8H6O. The molecule has 0 radical (unpaired) electrons. The van der Waals surface area contributed by atoms with Crippen LogP contribution in [0.4, 0.5) is 0 Å². The number of terminal acetylenes is 1. The van der Waals surface area contributed by atoms with Crippen molar-refractivity contribution < 1.29 is 4.79 Å². The molecule has 0 N–H and O–H groups in total. The molecule has 0 heterocycles. The molecule has 0 saturated carbocycles. The van der Waals surface area contributed by atoms with E-state index >= 15 is 0 Å².